The molecule has 1 aliphatic heterocycles. The maximum absolute atomic E-state index is 16.4. The largest absolute Gasteiger partial charge is 0.458 e. The Bertz CT molecular complexity index is 1970. The van der Waals surface area contributed by atoms with E-state index in [0.29, 0.717) is 10.9 Å². The number of halogens is 8. The van der Waals surface area contributed by atoms with E-state index in [2.05, 4.69) is 0 Å². The SMILES string of the molecule is Fc1c(F)c2c(F)c(F)c3c(F)c4c(c5c(F)c(F)c(c1F)c2c35)Oc1ccccc1B4c1ccccc1. The monoisotopic (exact) mass is 524 g/mol. The summed E-state index contributed by atoms with van der Waals surface area (Å²) in [6.07, 6.45) is 0. The van der Waals surface area contributed by atoms with Crippen molar-refractivity contribution in [1.82, 2.24) is 0 Å². The van der Waals surface area contributed by atoms with Gasteiger partial charge in [0.2, 0.25) is 0 Å². The number of ether oxygens (including phenoxy) is 1. The predicted octanol–water partition coefficient (Wildman–Crippen LogP) is 6.32. The molecule has 1 nitrogen and oxygen atoms in total. The molecule has 186 valence electrons. The van der Waals surface area contributed by atoms with Crippen LogP contribution in [0.2, 0.25) is 0 Å². The smallest absolute Gasteiger partial charge is 0.254 e. The van der Waals surface area contributed by atoms with Crippen molar-refractivity contribution in [3.8, 4) is 11.5 Å². The Morgan fingerprint density at radius 2 is 0.921 bits per heavy atom. The molecule has 0 unspecified atom stereocenters. The average Bonchev–Trinajstić information content (AvgIpc) is 2.92. The standard InChI is InChI=1S/C28H9BF8O/c30-20-15-14-13-16(22(32)21(15)31)24(34)27(37)25(35)17(13)23(33)26(36)18(14)28-19(20)29(10-6-2-1-3-7-10)11-8-4-5-9-12(11)38-28/h1-9H. The molecule has 0 bridgehead atoms. The normalized spacial score (nSPS) is 12.9. The van der Waals surface area contributed by atoms with Crippen LogP contribution in [0.15, 0.2) is 54.6 Å². The van der Waals surface area contributed by atoms with E-state index < -0.39 is 96.8 Å². The lowest BCUT2D eigenvalue weighted by molar-refractivity contribution is 0.447. The number of hydrogen-bond acceptors (Lipinski definition) is 1. The topological polar surface area (TPSA) is 9.23 Å². The van der Waals surface area contributed by atoms with Crippen molar-refractivity contribution in [3.05, 3.63) is 101 Å². The molecule has 0 atom stereocenters. The van der Waals surface area contributed by atoms with Crippen LogP contribution in [0.1, 0.15) is 0 Å². The maximum atomic E-state index is 16.4. The molecule has 7 rings (SSSR count). The van der Waals surface area contributed by atoms with E-state index in [1.54, 1.807) is 48.5 Å². The number of benzene rings is 6. The fourth-order valence-corrected chi connectivity index (χ4v) is 5.58. The van der Waals surface area contributed by atoms with E-state index in [4.69, 9.17) is 4.74 Å². The lowest BCUT2D eigenvalue weighted by atomic mass is 9.35. The molecule has 0 fully saturated rings. The Kier molecular flexibility index (Phi) is 4.56. The summed E-state index contributed by atoms with van der Waals surface area (Å²) in [6, 6.07) is 14.5. The molecule has 0 amide bonds. The van der Waals surface area contributed by atoms with Crippen LogP contribution >= 0.6 is 0 Å². The van der Waals surface area contributed by atoms with Gasteiger partial charge in [0.25, 0.3) is 6.71 Å². The third-order valence-electron chi connectivity index (χ3n) is 7.13. The summed E-state index contributed by atoms with van der Waals surface area (Å²) >= 11 is 0. The molecular formula is C28H9BF8O. The van der Waals surface area contributed by atoms with Crippen molar-refractivity contribution in [2.45, 2.75) is 0 Å². The zero-order valence-electron chi connectivity index (χ0n) is 18.7. The van der Waals surface area contributed by atoms with E-state index in [1.165, 1.54) is 6.07 Å². The van der Waals surface area contributed by atoms with E-state index in [0.717, 1.165) is 0 Å². The van der Waals surface area contributed by atoms with Gasteiger partial charge in [-0.2, -0.15) is 0 Å². The first-order valence-corrected chi connectivity index (χ1v) is 11.3. The van der Waals surface area contributed by atoms with Crippen molar-refractivity contribution in [1.29, 1.82) is 0 Å². The molecule has 0 N–H and O–H groups in total. The van der Waals surface area contributed by atoms with Gasteiger partial charge in [-0.15, -0.1) is 0 Å². The summed E-state index contributed by atoms with van der Waals surface area (Å²) in [6.45, 7) is -1.03. The van der Waals surface area contributed by atoms with Gasteiger partial charge in [0, 0.05) is 16.2 Å². The summed E-state index contributed by atoms with van der Waals surface area (Å²) in [5.74, 6) is -16.3. The third-order valence-corrected chi connectivity index (χ3v) is 7.13. The van der Waals surface area contributed by atoms with Gasteiger partial charge >= 0.3 is 0 Å². The minimum atomic E-state index is -2.33. The fourth-order valence-electron chi connectivity index (χ4n) is 5.58. The van der Waals surface area contributed by atoms with Gasteiger partial charge in [-0.25, -0.2) is 35.1 Å². The number of para-hydroxylation sites is 1. The molecule has 6 aromatic rings. The molecule has 0 aliphatic carbocycles. The van der Waals surface area contributed by atoms with Crippen LogP contribution in [0.4, 0.5) is 35.1 Å². The van der Waals surface area contributed by atoms with Crippen molar-refractivity contribution in [2.75, 3.05) is 0 Å². The Hall–Kier alpha value is -4.34. The zero-order chi connectivity index (χ0) is 26.6. The Morgan fingerprint density at radius 1 is 0.447 bits per heavy atom. The second-order valence-corrected chi connectivity index (χ2v) is 8.99. The highest BCUT2D eigenvalue weighted by Crippen LogP contribution is 2.47. The highest BCUT2D eigenvalue weighted by molar-refractivity contribution is 6.97. The fraction of sp³-hybridized carbons (Fsp3) is 0. The second kappa shape index (κ2) is 7.60. The zero-order valence-corrected chi connectivity index (χ0v) is 18.7. The molecule has 6 aromatic carbocycles. The molecule has 1 heterocycles. The van der Waals surface area contributed by atoms with Crippen molar-refractivity contribution >= 4 is 55.4 Å². The average molecular weight is 524 g/mol. The maximum Gasteiger partial charge on any atom is 0.254 e. The lowest BCUT2D eigenvalue weighted by Gasteiger charge is -2.29. The predicted molar refractivity (Wildman–Crippen MR) is 127 cm³/mol. The molecule has 0 aromatic heterocycles. The van der Waals surface area contributed by atoms with Gasteiger partial charge in [-0.05, 0) is 11.5 Å². The van der Waals surface area contributed by atoms with Gasteiger partial charge < -0.3 is 4.74 Å². The number of fused-ring (bicyclic) bond motifs is 3. The Balaban J connectivity index is 1.79. The van der Waals surface area contributed by atoms with Crippen LogP contribution in [-0.4, -0.2) is 6.71 Å². The summed E-state index contributed by atoms with van der Waals surface area (Å²) in [7, 11) is 0. The molecule has 38 heavy (non-hydrogen) atoms. The summed E-state index contributed by atoms with van der Waals surface area (Å²) in [4.78, 5) is 0. The van der Waals surface area contributed by atoms with E-state index in [9.17, 15) is 13.2 Å². The minimum Gasteiger partial charge on any atom is -0.458 e. The lowest BCUT2D eigenvalue weighted by Crippen LogP contribution is -2.56. The van der Waals surface area contributed by atoms with Crippen LogP contribution in [0, 0.1) is 46.5 Å². The van der Waals surface area contributed by atoms with E-state index in [-0.39, 0.29) is 5.75 Å². The van der Waals surface area contributed by atoms with Crippen LogP contribution in [-0.2, 0) is 0 Å². The molecule has 1 aliphatic rings. The molecule has 0 radical (unpaired) electrons. The van der Waals surface area contributed by atoms with Crippen LogP contribution < -0.4 is 21.1 Å². The molecule has 0 saturated carbocycles. The van der Waals surface area contributed by atoms with Crippen LogP contribution in [0.3, 0.4) is 0 Å². The van der Waals surface area contributed by atoms with E-state index >= 15 is 22.0 Å². The van der Waals surface area contributed by atoms with Gasteiger partial charge in [0.1, 0.15) is 17.3 Å². The van der Waals surface area contributed by atoms with Crippen LogP contribution in [0.5, 0.6) is 11.5 Å². The first-order chi connectivity index (χ1) is 18.2. The molecular weight excluding hydrogens is 515 g/mol. The highest BCUT2D eigenvalue weighted by Gasteiger charge is 2.41. The van der Waals surface area contributed by atoms with Gasteiger partial charge in [0.05, 0.1) is 21.5 Å². The van der Waals surface area contributed by atoms with Crippen molar-refractivity contribution in [3.63, 3.8) is 0 Å². The third kappa shape index (κ3) is 2.62. The van der Waals surface area contributed by atoms with Crippen LogP contribution in [0.25, 0.3) is 32.3 Å². The quantitative estimate of drug-likeness (QED) is 0.106. The van der Waals surface area contributed by atoms with Gasteiger partial charge in [0.15, 0.2) is 40.7 Å². The molecule has 0 saturated heterocycles. The number of hydrogen-bond donors (Lipinski definition) is 0. The highest BCUT2D eigenvalue weighted by atomic mass is 19.2. The second-order valence-electron chi connectivity index (χ2n) is 8.99. The Labute approximate surface area is 208 Å². The molecule has 0 spiro atoms. The van der Waals surface area contributed by atoms with Crippen molar-refractivity contribution in [2.24, 2.45) is 0 Å². The summed E-state index contributed by atoms with van der Waals surface area (Å²) in [5.41, 5.74) is 0.445. The summed E-state index contributed by atoms with van der Waals surface area (Å²) in [5, 5.41) is -6.86. The van der Waals surface area contributed by atoms with Gasteiger partial charge in [-0.1, -0.05) is 54.0 Å². The van der Waals surface area contributed by atoms with Crippen molar-refractivity contribution < 1.29 is 39.9 Å². The van der Waals surface area contributed by atoms with Gasteiger partial charge in [-0.3, -0.25) is 0 Å². The summed E-state index contributed by atoms with van der Waals surface area (Å²) < 4.78 is 128. The Morgan fingerprint density at radius 3 is 1.55 bits per heavy atom. The van der Waals surface area contributed by atoms with E-state index in [1.807, 2.05) is 0 Å². The first-order valence-electron chi connectivity index (χ1n) is 11.3. The first kappa shape index (κ1) is 22.8. The minimum absolute atomic E-state index is 0.137. The molecule has 10 heteroatoms. The number of rotatable bonds is 1.